The Morgan fingerprint density at radius 2 is 1.69 bits per heavy atom. The Kier molecular flexibility index (Phi) is 7.60. The minimum atomic E-state index is 0.0208. The van der Waals surface area contributed by atoms with Crippen LogP contribution in [-0.4, -0.2) is 55.2 Å². The number of thioether (sulfide) groups is 1. The van der Waals surface area contributed by atoms with E-state index in [9.17, 15) is 4.79 Å². The maximum atomic E-state index is 12.2. The minimum Gasteiger partial charge on any atom is -0.497 e. The van der Waals surface area contributed by atoms with Crippen LogP contribution in [0.15, 0.2) is 59.8 Å². The van der Waals surface area contributed by atoms with E-state index in [1.165, 1.54) is 5.69 Å². The number of methoxy groups -OCH3 is 1. The molecule has 1 aromatic heterocycles. The van der Waals surface area contributed by atoms with Crippen LogP contribution in [0.2, 0.25) is 0 Å². The van der Waals surface area contributed by atoms with Crippen molar-refractivity contribution in [3.05, 3.63) is 71.4 Å². The molecule has 0 bridgehead atoms. The van der Waals surface area contributed by atoms with E-state index >= 15 is 0 Å². The molecule has 0 unspecified atom stereocenters. The van der Waals surface area contributed by atoms with Gasteiger partial charge in [0.1, 0.15) is 11.6 Å². The van der Waals surface area contributed by atoms with Crippen LogP contribution in [0.1, 0.15) is 41.4 Å². The lowest BCUT2D eigenvalue weighted by molar-refractivity contribution is 0.0951. The number of nitrogens with zero attached hydrogens (tertiary/aromatic N) is 4. The summed E-state index contributed by atoms with van der Waals surface area (Å²) in [5.41, 5.74) is 4.16. The molecule has 0 radical (unpaired) electrons. The molecule has 1 aliphatic carbocycles. The SMILES string of the molecule is CCc1cc(N2CCN(c3ccc(OC)cc3)CC2)nc(SCc2ccc(C(=O)NC3CC3)cc2)n1. The van der Waals surface area contributed by atoms with E-state index in [1.807, 2.05) is 36.4 Å². The highest BCUT2D eigenvalue weighted by atomic mass is 32.2. The lowest BCUT2D eigenvalue weighted by atomic mass is 10.1. The highest BCUT2D eigenvalue weighted by Gasteiger charge is 2.24. The van der Waals surface area contributed by atoms with E-state index in [0.29, 0.717) is 6.04 Å². The van der Waals surface area contributed by atoms with Crippen molar-refractivity contribution in [1.29, 1.82) is 0 Å². The van der Waals surface area contributed by atoms with Crippen molar-refractivity contribution in [1.82, 2.24) is 15.3 Å². The first-order valence-electron chi connectivity index (χ1n) is 12.7. The Labute approximate surface area is 217 Å². The van der Waals surface area contributed by atoms with Gasteiger partial charge < -0.3 is 19.9 Å². The molecule has 0 spiro atoms. The fourth-order valence-corrected chi connectivity index (χ4v) is 5.08. The van der Waals surface area contributed by atoms with Crippen molar-refractivity contribution in [3.8, 4) is 5.75 Å². The van der Waals surface area contributed by atoms with Crippen LogP contribution in [0.5, 0.6) is 5.75 Å². The van der Waals surface area contributed by atoms with Crippen molar-refractivity contribution in [2.75, 3.05) is 43.1 Å². The molecule has 5 rings (SSSR count). The summed E-state index contributed by atoms with van der Waals surface area (Å²) in [5, 5.41) is 3.84. The molecule has 1 amide bonds. The number of nitrogens with one attached hydrogen (secondary N) is 1. The van der Waals surface area contributed by atoms with Gasteiger partial charge in [0.25, 0.3) is 5.91 Å². The van der Waals surface area contributed by atoms with E-state index in [-0.39, 0.29) is 5.91 Å². The zero-order valence-corrected chi connectivity index (χ0v) is 21.8. The number of amides is 1. The zero-order chi connectivity index (χ0) is 24.9. The number of aromatic nitrogens is 2. The predicted molar refractivity (Wildman–Crippen MR) is 145 cm³/mol. The molecule has 0 atom stereocenters. The predicted octanol–water partition coefficient (Wildman–Crippen LogP) is 4.56. The van der Waals surface area contributed by atoms with E-state index in [1.54, 1.807) is 18.9 Å². The summed E-state index contributed by atoms with van der Waals surface area (Å²) in [6.07, 6.45) is 3.06. The van der Waals surface area contributed by atoms with E-state index in [2.05, 4.69) is 40.2 Å². The van der Waals surface area contributed by atoms with Crippen LogP contribution in [0, 0.1) is 0 Å². The summed E-state index contributed by atoms with van der Waals surface area (Å²) in [7, 11) is 1.69. The minimum absolute atomic E-state index is 0.0208. The van der Waals surface area contributed by atoms with Gasteiger partial charge in [-0.15, -0.1) is 0 Å². The molecule has 7 nitrogen and oxygen atoms in total. The fraction of sp³-hybridized carbons (Fsp3) is 0.393. The zero-order valence-electron chi connectivity index (χ0n) is 20.9. The summed E-state index contributed by atoms with van der Waals surface area (Å²) < 4.78 is 5.28. The topological polar surface area (TPSA) is 70.6 Å². The number of hydrogen-bond acceptors (Lipinski definition) is 7. The molecule has 2 aliphatic rings. The van der Waals surface area contributed by atoms with E-state index in [4.69, 9.17) is 14.7 Å². The Morgan fingerprint density at radius 1 is 1.00 bits per heavy atom. The standard InChI is InChI=1S/C28H33N5O2S/c1-3-22-18-26(33-16-14-32(15-17-33)24-10-12-25(35-2)13-11-24)31-28(30-22)36-19-20-4-6-21(7-5-20)27(34)29-23-8-9-23/h4-7,10-13,18,23H,3,8-9,14-17,19H2,1-2H3,(H,29,34). The second-order valence-corrected chi connectivity index (χ2v) is 10.2. The van der Waals surface area contributed by atoms with Gasteiger partial charge in [-0.1, -0.05) is 30.8 Å². The molecule has 2 fully saturated rings. The number of rotatable bonds is 9. The molecule has 36 heavy (non-hydrogen) atoms. The Morgan fingerprint density at radius 3 is 2.33 bits per heavy atom. The molecule has 1 aliphatic heterocycles. The third-order valence-corrected chi connectivity index (χ3v) is 7.56. The van der Waals surface area contributed by atoms with Crippen molar-refractivity contribution in [2.45, 2.75) is 43.1 Å². The largest absolute Gasteiger partial charge is 0.497 e. The number of aryl methyl sites for hydroxylation is 1. The average molecular weight is 504 g/mol. The molecule has 3 aromatic rings. The number of benzene rings is 2. The number of carbonyl (C=O) groups is 1. The monoisotopic (exact) mass is 503 g/mol. The van der Waals surface area contributed by atoms with Gasteiger partial charge in [0, 0.05) is 61.0 Å². The molecule has 2 heterocycles. The van der Waals surface area contributed by atoms with Gasteiger partial charge in [-0.3, -0.25) is 4.79 Å². The molecule has 2 aromatic carbocycles. The summed E-state index contributed by atoms with van der Waals surface area (Å²) in [6.45, 7) is 5.86. The first-order valence-corrected chi connectivity index (χ1v) is 13.6. The van der Waals surface area contributed by atoms with E-state index in [0.717, 1.165) is 84.7 Å². The lowest BCUT2D eigenvalue weighted by Gasteiger charge is -2.37. The number of carbonyl (C=O) groups excluding carboxylic acids is 1. The molecule has 1 N–H and O–H groups in total. The van der Waals surface area contributed by atoms with Crippen molar-refractivity contribution < 1.29 is 9.53 Å². The average Bonchev–Trinajstić information content (AvgIpc) is 3.76. The summed E-state index contributed by atoms with van der Waals surface area (Å²) in [4.78, 5) is 26.7. The van der Waals surface area contributed by atoms with Crippen molar-refractivity contribution in [3.63, 3.8) is 0 Å². The molecule has 188 valence electrons. The molecular formula is C28H33N5O2S. The van der Waals surface area contributed by atoms with Gasteiger partial charge in [0.15, 0.2) is 5.16 Å². The Balaban J connectivity index is 1.19. The van der Waals surface area contributed by atoms with Gasteiger partial charge in [-0.2, -0.15) is 0 Å². The summed E-state index contributed by atoms with van der Waals surface area (Å²) in [6, 6.07) is 18.6. The highest BCUT2D eigenvalue weighted by molar-refractivity contribution is 7.98. The maximum absolute atomic E-state index is 12.2. The lowest BCUT2D eigenvalue weighted by Crippen LogP contribution is -2.46. The van der Waals surface area contributed by atoms with Gasteiger partial charge >= 0.3 is 0 Å². The molecule has 1 saturated heterocycles. The molecular weight excluding hydrogens is 470 g/mol. The Bertz CT molecular complexity index is 1170. The maximum Gasteiger partial charge on any atom is 0.251 e. The number of hydrogen-bond donors (Lipinski definition) is 1. The van der Waals surface area contributed by atoms with Gasteiger partial charge in [-0.25, -0.2) is 9.97 Å². The van der Waals surface area contributed by atoms with Gasteiger partial charge in [-0.05, 0) is 61.2 Å². The third-order valence-electron chi connectivity index (χ3n) is 6.65. The van der Waals surface area contributed by atoms with E-state index < -0.39 is 0 Å². The first-order chi connectivity index (χ1) is 17.6. The summed E-state index contributed by atoms with van der Waals surface area (Å²) >= 11 is 1.65. The fourth-order valence-electron chi connectivity index (χ4n) is 4.25. The molecule has 1 saturated carbocycles. The molecule has 8 heteroatoms. The first kappa shape index (κ1) is 24.4. The van der Waals surface area contributed by atoms with Crippen LogP contribution in [0.3, 0.4) is 0 Å². The number of anilines is 2. The third kappa shape index (κ3) is 6.10. The summed E-state index contributed by atoms with van der Waals surface area (Å²) in [5.74, 6) is 2.67. The van der Waals surface area contributed by atoms with Gasteiger partial charge in [0.05, 0.1) is 7.11 Å². The van der Waals surface area contributed by atoms with Crippen LogP contribution in [0.4, 0.5) is 11.5 Å². The van der Waals surface area contributed by atoms with Crippen molar-refractivity contribution in [2.24, 2.45) is 0 Å². The quantitative estimate of drug-likeness (QED) is 0.339. The van der Waals surface area contributed by atoms with Crippen LogP contribution < -0.4 is 19.9 Å². The van der Waals surface area contributed by atoms with Crippen LogP contribution in [0.25, 0.3) is 0 Å². The smallest absolute Gasteiger partial charge is 0.251 e. The van der Waals surface area contributed by atoms with Crippen LogP contribution >= 0.6 is 11.8 Å². The highest BCUT2D eigenvalue weighted by Crippen LogP contribution is 2.26. The normalized spacial score (nSPS) is 15.6. The van der Waals surface area contributed by atoms with Gasteiger partial charge in [0.2, 0.25) is 0 Å². The Hall–Kier alpha value is -3.26. The van der Waals surface area contributed by atoms with Crippen molar-refractivity contribution >= 4 is 29.2 Å². The number of piperazine rings is 1. The second-order valence-electron chi connectivity index (χ2n) is 9.26. The van der Waals surface area contributed by atoms with Crippen LogP contribution in [-0.2, 0) is 12.2 Å². The second kappa shape index (κ2) is 11.2. The number of ether oxygens (including phenoxy) is 1.